The number of aromatic nitrogens is 3. The van der Waals surface area contributed by atoms with Gasteiger partial charge in [0.1, 0.15) is 36.1 Å². The number of ether oxygens (including phenoxy) is 4. The lowest BCUT2D eigenvalue weighted by Crippen LogP contribution is -2.45. The van der Waals surface area contributed by atoms with Crippen LogP contribution in [0.3, 0.4) is 0 Å². The Balaban J connectivity index is 1.46. The Labute approximate surface area is 269 Å². The number of carbonyl (C=O) groups excluding carboxylic acids is 3. The maximum atomic E-state index is 13.6. The van der Waals surface area contributed by atoms with Crippen LogP contribution in [0.15, 0.2) is 104 Å². The average Bonchev–Trinajstić information content (AvgIpc) is 3.66. The summed E-state index contributed by atoms with van der Waals surface area (Å²) in [6.07, 6.45) is -2.93. The number of benzene rings is 3. The molecule has 6 rings (SSSR count). The summed E-state index contributed by atoms with van der Waals surface area (Å²) in [4.78, 5) is 48.7. The van der Waals surface area contributed by atoms with Crippen molar-refractivity contribution in [3.8, 4) is 6.07 Å². The lowest BCUT2D eigenvalue weighted by molar-refractivity contribution is -0.0929. The number of nitrogens with two attached hydrogens (primary N) is 1. The molecule has 0 bridgehead atoms. The Morgan fingerprint density at radius 1 is 0.851 bits per heavy atom. The Hall–Kier alpha value is -6.06. The van der Waals surface area contributed by atoms with Crippen LogP contribution in [0.1, 0.15) is 56.2 Å². The molecule has 0 amide bonds. The van der Waals surface area contributed by atoms with Gasteiger partial charge in [-0.2, -0.15) is 5.26 Å². The molecule has 12 heteroatoms. The minimum absolute atomic E-state index is 0.0629. The molecule has 0 spiro atoms. The first kappa shape index (κ1) is 30.9. The van der Waals surface area contributed by atoms with E-state index in [1.165, 1.54) is 17.1 Å². The number of anilines is 1. The zero-order valence-electron chi connectivity index (χ0n) is 25.1. The van der Waals surface area contributed by atoms with Gasteiger partial charge in [0.05, 0.1) is 27.6 Å². The van der Waals surface area contributed by atoms with Crippen molar-refractivity contribution in [3.05, 3.63) is 126 Å². The third-order valence-corrected chi connectivity index (χ3v) is 7.80. The first-order valence-corrected chi connectivity index (χ1v) is 14.8. The first-order chi connectivity index (χ1) is 22.9. The normalized spacial score (nSPS) is 19.4. The van der Waals surface area contributed by atoms with Crippen molar-refractivity contribution < 1.29 is 33.3 Å². The van der Waals surface area contributed by atoms with E-state index in [0.29, 0.717) is 5.56 Å². The maximum absolute atomic E-state index is 13.6. The molecule has 1 aliphatic rings. The van der Waals surface area contributed by atoms with Crippen molar-refractivity contribution in [1.82, 2.24) is 14.5 Å². The van der Waals surface area contributed by atoms with E-state index < -0.39 is 48.6 Å². The first-order valence-electron chi connectivity index (χ1n) is 14.8. The van der Waals surface area contributed by atoms with Gasteiger partial charge in [-0.1, -0.05) is 61.5 Å². The second-order valence-corrected chi connectivity index (χ2v) is 10.7. The van der Waals surface area contributed by atoms with Crippen LogP contribution in [-0.2, 0) is 18.9 Å². The molecule has 2 aromatic heterocycles. The van der Waals surface area contributed by atoms with Crippen molar-refractivity contribution in [1.29, 1.82) is 5.26 Å². The summed E-state index contributed by atoms with van der Waals surface area (Å²) in [5, 5.41) is 10.2. The minimum atomic E-state index is -1.30. The Bertz CT molecular complexity index is 1940. The van der Waals surface area contributed by atoms with Gasteiger partial charge in [0.2, 0.25) is 0 Å². The molecule has 47 heavy (non-hydrogen) atoms. The standard InChI is InChI=1S/C35H29N5O7/c1-2-25(44-33(41)21-12-6-3-7-13-21)27-28(46-34(42)22-14-8-4-9-15-22)29(47-35(43)23-16-10-5-11-17-23)32(45-27)40-19-24(18-36)26-30(37)38-20-39-31(26)40/h3-17,19-20,25,27-29,32H,2H2,1H3,(H2,37,38,39)/t25-,27-,28-,29-,32-/m0/s1. The second kappa shape index (κ2) is 13.5. The lowest BCUT2D eigenvalue weighted by atomic mass is 10.0. The van der Waals surface area contributed by atoms with Crippen LogP contribution in [-0.4, -0.2) is 56.9 Å². The van der Waals surface area contributed by atoms with Crippen LogP contribution in [0.2, 0.25) is 0 Å². The predicted octanol–water partition coefficient (Wildman–Crippen LogP) is 4.87. The number of nitrogen functional groups attached to an aromatic ring is 1. The molecule has 0 unspecified atom stereocenters. The monoisotopic (exact) mass is 631 g/mol. The summed E-state index contributed by atoms with van der Waals surface area (Å²) in [5.41, 5.74) is 7.31. The highest BCUT2D eigenvalue weighted by Gasteiger charge is 2.54. The molecule has 5 atom stereocenters. The molecule has 236 valence electrons. The molecule has 3 heterocycles. The van der Waals surface area contributed by atoms with Gasteiger partial charge in [-0.25, -0.2) is 24.4 Å². The van der Waals surface area contributed by atoms with Crippen molar-refractivity contribution >= 4 is 34.8 Å². The average molecular weight is 632 g/mol. The number of esters is 3. The number of carbonyl (C=O) groups is 3. The Morgan fingerprint density at radius 3 is 1.91 bits per heavy atom. The zero-order valence-corrected chi connectivity index (χ0v) is 25.1. The van der Waals surface area contributed by atoms with Crippen molar-refractivity contribution in [3.63, 3.8) is 0 Å². The van der Waals surface area contributed by atoms with Gasteiger partial charge in [0, 0.05) is 6.20 Å². The van der Waals surface area contributed by atoms with Gasteiger partial charge in [-0.15, -0.1) is 0 Å². The zero-order chi connectivity index (χ0) is 32.9. The second-order valence-electron chi connectivity index (χ2n) is 10.7. The quantitative estimate of drug-likeness (QED) is 0.174. The number of hydrogen-bond acceptors (Lipinski definition) is 11. The minimum Gasteiger partial charge on any atom is -0.456 e. The van der Waals surface area contributed by atoms with Crippen LogP contribution in [0.5, 0.6) is 0 Å². The number of nitriles is 1. The molecule has 0 radical (unpaired) electrons. The van der Waals surface area contributed by atoms with Crippen molar-refractivity contribution in [2.45, 2.75) is 44.0 Å². The molecule has 1 aliphatic heterocycles. The Kier molecular flexibility index (Phi) is 8.90. The number of fused-ring (bicyclic) bond motifs is 1. The molecule has 1 fully saturated rings. The van der Waals surface area contributed by atoms with Gasteiger partial charge >= 0.3 is 17.9 Å². The van der Waals surface area contributed by atoms with Crippen molar-refractivity contribution in [2.24, 2.45) is 0 Å². The van der Waals surface area contributed by atoms with E-state index in [1.54, 1.807) is 97.9 Å². The maximum Gasteiger partial charge on any atom is 0.338 e. The molecule has 2 N–H and O–H groups in total. The fourth-order valence-corrected chi connectivity index (χ4v) is 5.53. The highest BCUT2D eigenvalue weighted by molar-refractivity contribution is 5.93. The highest BCUT2D eigenvalue weighted by Crippen LogP contribution is 2.40. The van der Waals surface area contributed by atoms with Crippen LogP contribution in [0.25, 0.3) is 11.0 Å². The molecule has 3 aromatic carbocycles. The van der Waals surface area contributed by atoms with E-state index in [0.717, 1.165) is 0 Å². The summed E-state index contributed by atoms with van der Waals surface area (Å²) in [5.74, 6) is -1.98. The third kappa shape index (κ3) is 6.25. The predicted molar refractivity (Wildman–Crippen MR) is 168 cm³/mol. The van der Waals surface area contributed by atoms with E-state index in [4.69, 9.17) is 24.7 Å². The fourth-order valence-electron chi connectivity index (χ4n) is 5.53. The Morgan fingerprint density at radius 2 is 1.38 bits per heavy atom. The van der Waals surface area contributed by atoms with Crippen LogP contribution < -0.4 is 5.73 Å². The number of rotatable bonds is 9. The van der Waals surface area contributed by atoms with Gasteiger partial charge < -0.3 is 29.2 Å². The molecule has 1 saturated heterocycles. The highest BCUT2D eigenvalue weighted by atomic mass is 16.7. The molecule has 0 saturated carbocycles. The summed E-state index contributed by atoms with van der Waals surface area (Å²) in [7, 11) is 0. The summed E-state index contributed by atoms with van der Waals surface area (Å²) in [6.45, 7) is 1.79. The lowest BCUT2D eigenvalue weighted by Gasteiger charge is -2.28. The summed E-state index contributed by atoms with van der Waals surface area (Å²) < 4.78 is 26.2. The molecule has 0 aliphatic carbocycles. The van der Waals surface area contributed by atoms with E-state index >= 15 is 0 Å². The van der Waals surface area contributed by atoms with Gasteiger partial charge in [-0.3, -0.25) is 0 Å². The van der Waals surface area contributed by atoms with Gasteiger partial charge in [0.25, 0.3) is 0 Å². The van der Waals surface area contributed by atoms with E-state index in [1.807, 2.05) is 0 Å². The summed E-state index contributed by atoms with van der Waals surface area (Å²) >= 11 is 0. The fraction of sp³-hybridized carbons (Fsp3) is 0.200. The SMILES string of the molecule is CC[C@H](OC(=O)c1ccccc1)[C@@H]1O[C@H](n2cc(C#N)c3c(N)ncnc32)[C@@H](OC(=O)c2ccccc2)[C@H]1OC(=O)c1ccccc1. The van der Waals surface area contributed by atoms with Crippen LogP contribution in [0, 0.1) is 11.3 Å². The van der Waals surface area contributed by atoms with E-state index in [2.05, 4.69) is 16.0 Å². The summed E-state index contributed by atoms with van der Waals surface area (Å²) in [6, 6.07) is 27.1. The largest absolute Gasteiger partial charge is 0.456 e. The van der Waals surface area contributed by atoms with Gasteiger partial charge in [-0.05, 0) is 42.8 Å². The van der Waals surface area contributed by atoms with E-state index in [-0.39, 0.29) is 40.0 Å². The van der Waals surface area contributed by atoms with Crippen LogP contribution >= 0.6 is 0 Å². The van der Waals surface area contributed by atoms with E-state index in [9.17, 15) is 19.6 Å². The van der Waals surface area contributed by atoms with Crippen LogP contribution in [0.4, 0.5) is 5.82 Å². The van der Waals surface area contributed by atoms with Gasteiger partial charge in [0.15, 0.2) is 18.4 Å². The number of nitrogens with zero attached hydrogens (tertiary/aromatic N) is 4. The third-order valence-electron chi connectivity index (χ3n) is 7.80. The molecule has 12 nitrogen and oxygen atoms in total. The van der Waals surface area contributed by atoms with Crippen molar-refractivity contribution in [2.75, 3.05) is 5.73 Å². The molecular weight excluding hydrogens is 602 g/mol. The molecule has 5 aromatic rings. The smallest absolute Gasteiger partial charge is 0.338 e. The topological polar surface area (TPSA) is 169 Å². The number of hydrogen-bond donors (Lipinski definition) is 1. The molecular formula is C35H29N5O7.